The van der Waals surface area contributed by atoms with Crippen LogP contribution in [0.1, 0.15) is 0 Å². The van der Waals surface area contributed by atoms with Gasteiger partial charge in [-0.05, 0) is 46.5 Å². The molecule has 6 aromatic carbocycles. The van der Waals surface area contributed by atoms with Gasteiger partial charge in [0.25, 0.3) is 0 Å². The van der Waals surface area contributed by atoms with Gasteiger partial charge >= 0.3 is 0 Å². The molecule has 0 amide bonds. The average Bonchev–Trinajstić information content (AvgIpc) is 3.47. The monoisotopic (exact) mass is 551 g/mol. The quantitative estimate of drug-likeness (QED) is 0.214. The molecule has 0 N–H and O–H groups in total. The third kappa shape index (κ3) is 4.65. The van der Waals surface area contributed by atoms with Gasteiger partial charge in [-0.1, -0.05) is 127 Å². The van der Waals surface area contributed by atoms with Crippen LogP contribution in [0.2, 0.25) is 0 Å². The first-order valence-electron chi connectivity index (χ1n) is 14.3. The first-order valence-corrected chi connectivity index (χ1v) is 14.3. The van der Waals surface area contributed by atoms with Crippen molar-refractivity contribution in [1.82, 2.24) is 15.0 Å². The van der Waals surface area contributed by atoms with Crippen LogP contribution in [0.3, 0.4) is 0 Å². The SMILES string of the molecule is c1ccc(-c2cccc(-c3ccc4oc5c(-c6nc(-c7ccccc7)nc(-c7ccccc7)n6)cccc5c4c3)c2)cc1. The van der Waals surface area contributed by atoms with Crippen molar-refractivity contribution >= 4 is 21.9 Å². The van der Waals surface area contributed by atoms with E-state index in [2.05, 4.69) is 72.8 Å². The van der Waals surface area contributed by atoms with Gasteiger partial charge in [0.05, 0.1) is 5.56 Å². The third-order valence-corrected chi connectivity index (χ3v) is 7.74. The highest BCUT2D eigenvalue weighted by atomic mass is 16.3. The Hall–Kier alpha value is -5.87. The Kier molecular flexibility index (Phi) is 6.08. The van der Waals surface area contributed by atoms with Crippen molar-refractivity contribution in [2.75, 3.05) is 0 Å². The summed E-state index contributed by atoms with van der Waals surface area (Å²) in [5, 5.41) is 2.08. The van der Waals surface area contributed by atoms with Crippen LogP contribution in [-0.2, 0) is 0 Å². The Morgan fingerprint density at radius 1 is 0.349 bits per heavy atom. The molecule has 0 atom stereocenters. The van der Waals surface area contributed by atoms with Crippen molar-refractivity contribution in [3.05, 3.63) is 152 Å². The molecule has 8 aromatic rings. The molecule has 4 heteroatoms. The van der Waals surface area contributed by atoms with Gasteiger partial charge in [0, 0.05) is 21.9 Å². The molecule has 0 spiro atoms. The second-order valence-corrected chi connectivity index (χ2v) is 10.5. The molecule has 0 radical (unpaired) electrons. The molecule has 0 saturated carbocycles. The maximum Gasteiger partial charge on any atom is 0.167 e. The lowest BCUT2D eigenvalue weighted by molar-refractivity contribution is 0.669. The van der Waals surface area contributed by atoms with Gasteiger partial charge in [-0.3, -0.25) is 0 Å². The van der Waals surface area contributed by atoms with Crippen LogP contribution >= 0.6 is 0 Å². The first kappa shape index (κ1) is 24.9. The Bertz CT molecular complexity index is 2170. The van der Waals surface area contributed by atoms with Gasteiger partial charge in [0.15, 0.2) is 17.5 Å². The minimum absolute atomic E-state index is 0.577. The van der Waals surface area contributed by atoms with Gasteiger partial charge < -0.3 is 4.42 Å². The largest absolute Gasteiger partial charge is 0.455 e. The van der Waals surface area contributed by atoms with E-state index in [9.17, 15) is 0 Å². The van der Waals surface area contributed by atoms with Crippen molar-refractivity contribution in [2.45, 2.75) is 0 Å². The molecule has 0 aliphatic heterocycles. The highest BCUT2D eigenvalue weighted by Crippen LogP contribution is 2.38. The molecule has 43 heavy (non-hydrogen) atoms. The summed E-state index contributed by atoms with van der Waals surface area (Å²) in [6, 6.07) is 51.7. The Morgan fingerprint density at radius 3 is 1.51 bits per heavy atom. The minimum atomic E-state index is 0.577. The number of hydrogen-bond donors (Lipinski definition) is 0. The van der Waals surface area contributed by atoms with E-state index in [1.165, 1.54) is 11.1 Å². The molecule has 2 aromatic heterocycles. The smallest absolute Gasteiger partial charge is 0.167 e. The number of para-hydroxylation sites is 1. The summed E-state index contributed by atoms with van der Waals surface area (Å²) in [6.07, 6.45) is 0. The molecule has 0 aliphatic rings. The van der Waals surface area contributed by atoms with Crippen LogP contribution in [0.4, 0.5) is 0 Å². The average molecular weight is 552 g/mol. The molecule has 0 aliphatic carbocycles. The molecule has 0 unspecified atom stereocenters. The number of fused-ring (bicyclic) bond motifs is 3. The molecule has 0 saturated heterocycles. The number of aromatic nitrogens is 3. The van der Waals surface area contributed by atoms with Gasteiger partial charge in [0.1, 0.15) is 11.2 Å². The second-order valence-electron chi connectivity index (χ2n) is 10.5. The third-order valence-electron chi connectivity index (χ3n) is 7.74. The number of nitrogens with zero attached hydrogens (tertiary/aromatic N) is 3. The lowest BCUT2D eigenvalue weighted by atomic mass is 9.98. The van der Waals surface area contributed by atoms with Gasteiger partial charge in [-0.2, -0.15) is 0 Å². The van der Waals surface area contributed by atoms with E-state index in [0.29, 0.717) is 17.5 Å². The predicted molar refractivity (Wildman–Crippen MR) is 174 cm³/mol. The van der Waals surface area contributed by atoms with Crippen LogP contribution in [0, 0.1) is 0 Å². The fourth-order valence-electron chi connectivity index (χ4n) is 5.59. The van der Waals surface area contributed by atoms with Gasteiger partial charge in [-0.15, -0.1) is 0 Å². The summed E-state index contributed by atoms with van der Waals surface area (Å²) < 4.78 is 6.51. The summed E-state index contributed by atoms with van der Waals surface area (Å²) in [5.41, 5.74) is 8.97. The predicted octanol–water partition coefficient (Wildman–Crippen LogP) is 10.1. The number of hydrogen-bond acceptors (Lipinski definition) is 4. The lowest BCUT2D eigenvalue weighted by Crippen LogP contribution is -2.00. The Morgan fingerprint density at radius 2 is 0.860 bits per heavy atom. The number of rotatable bonds is 5. The zero-order valence-corrected chi connectivity index (χ0v) is 23.2. The van der Waals surface area contributed by atoms with E-state index >= 15 is 0 Å². The zero-order chi connectivity index (χ0) is 28.6. The summed E-state index contributed by atoms with van der Waals surface area (Å²) in [4.78, 5) is 14.7. The van der Waals surface area contributed by atoms with Crippen LogP contribution in [-0.4, -0.2) is 15.0 Å². The fourth-order valence-corrected chi connectivity index (χ4v) is 5.59. The Labute approximate surface area is 249 Å². The standard InChI is InChI=1S/C39H25N3O/c1-4-12-26(13-5-1)29-18-10-19-30(24-29)31-22-23-35-34(25-31)32-20-11-21-33(36(32)43-35)39-41-37(27-14-6-2-7-15-27)40-38(42-39)28-16-8-3-9-17-28/h1-25H. The van der Waals surface area contributed by atoms with Crippen molar-refractivity contribution in [3.63, 3.8) is 0 Å². The molecule has 4 nitrogen and oxygen atoms in total. The van der Waals surface area contributed by atoms with Crippen LogP contribution in [0.25, 0.3) is 78.4 Å². The zero-order valence-electron chi connectivity index (χ0n) is 23.2. The molecule has 202 valence electrons. The van der Waals surface area contributed by atoms with E-state index in [-0.39, 0.29) is 0 Å². The van der Waals surface area contributed by atoms with Crippen molar-refractivity contribution < 1.29 is 4.42 Å². The van der Waals surface area contributed by atoms with Crippen molar-refractivity contribution in [2.24, 2.45) is 0 Å². The first-order chi connectivity index (χ1) is 21.3. The Balaban J connectivity index is 1.28. The number of benzene rings is 6. The van der Waals surface area contributed by atoms with Crippen molar-refractivity contribution in [3.8, 4) is 56.4 Å². The highest BCUT2D eigenvalue weighted by molar-refractivity contribution is 6.10. The topological polar surface area (TPSA) is 51.8 Å². The molecule has 2 heterocycles. The summed E-state index contributed by atoms with van der Waals surface area (Å²) in [5.74, 6) is 1.82. The van der Waals surface area contributed by atoms with E-state index in [1.54, 1.807) is 0 Å². The molecule has 8 rings (SSSR count). The van der Waals surface area contributed by atoms with E-state index < -0.39 is 0 Å². The second kappa shape index (κ2) is 10.5. The molecular formula is C39H25N3O. The maximum atomic E-state index is 6.51. The lowest BCUT2D eigenvalue weighted by Gasteiger charge is -2.08. The number of furan rings is 1. The molecular weight excluding hydrogens is 526 g/mol. The van der Waals surface area contributed by atoms with Crippen LogP contribution in [0.5, 0.6) is 0 Å². The molecule has 0 bridgehead atoms. The molecule has 0 fully saturated rings. The van der Waals surface area contributed by atoms with E-state index in [0.717, 1.165) is 49.8 Å². The van der Waals surface area contributed by atoms with Crippen LogP contribution < -0.4 is 0 Å². The fraction of sp³-hybridized carbons (Fsp3) is 0. The van der Waals surface area contributed by atoms with Gasteiger partial charge in [-0.25, -0.2) is 15.0 Å². The van der Waals surface area contributed by atoms with E-state index in [1.807, 2.05) is 78.9 Å². The highest BCUT2D eigenvalue weighted by Gasteiger charge is 2.18. The van der Waals surface area contributed by atoms with Gasteiger partial charge in [0.2, 0.25) is 0 Å². The van der Waals surface area contributed by atoms with Crippen molar-refractivity contribution in [1.29, 1.82) is 0 Å². The summed E-state index contributed by atoms with van der Waals surface area (Å²) in [6.45, 7) is 0. The normalized spacial score (nSPS) is 11.3. The summed E-state index contributed by atoms with van der Waals surface area (Å²) in [7, 11) is 0. The minimum Gasteiger partial charge on any atom is -0.455 e. The summed E-state index contributed by atoms with van der Waals surface area (Å²) >= 11 is 0. The maximum absolute atomic E-state index is 6.51. The van der Waals surface area contributed by atoms with Crippen LogP contribution in [0.15, 0.2) is 156 Å². The van der Waals surface area contributed by atoms with E-state index in [4.69, 9.17) is 19.4 Å².